The molecule has 0 aromatic carbocycles. The Kier molecular flexibility index (Phi) is 3.17. The van der Waals surface area contributed by atoms with Gasteiger partial charge in [-0.25, -0.2) is 0 Å². The third-order valence-corrected chi connectivity index (χ3v) is 2.40. The summed E-state index contributed by atoms with van der Waals surface area (Å²) in [5.41, 5.74) is -1.16. The lowest BCUT2D eigenvalue weighted by molar-refractivity contribution is -0.111. The van der Waals surface area contributed by atoms with Crippen molar-refractivity contribution in [3.8, 4) is 0 Å². The molecule has 1 rings (SSSR count). The normalized spacial score (nSPS) is 21.1. The van der Waals surface area contributed by atoms with E-state index in [9.17, 15) is 9.90 Å². The number of aliphatic hydroxyl groups is 1. The molecule has 0 unspecified atom stereocenters. The molecule has 4 heteroatoms. The first-order chi connectivity index (χ1) is 5.98. The number of hydrogen-bond donors (Lipinski definition) is 1. The lowest BCUT2D eigenvalue weighted by Crippen LogP contribution is -2.27. The number of halogens is 2. The molecule has 0 radical (unpaired) electrons. The summed E-state index contributed by atoms with van der Waals surface area (Å²) in [4.78, 5) is 11.1. The molecule has 0 aliphatic heterocycles. The Bertz CT molecular complexity index is 270. The quantitative estimate of drug-likeness (QED) is 0.776. The van der Waals surface area contributed by atoms with Crippen LogP contribution in [0.25, 0.3) is 0 Å². The monoisotopic (exact) mass is 220 g/mol. The molecule has 13 heavy (non-hydrogen) atoms. The van der Waals surface area contributed by atoms with Gasteiger partial charge in [0.15, 0.2) is 0 Å². The fourth-order valence-electron chi connectivity index (χ4n) is 1.27. The average Bonchev–Trinajstić information content (AvgIpc) is 2.00. The van der Waals surface area contributed by atoms with Gasteiger partial charge in [-0.15, -0.1) is 0 Å². The summed E-state index contributed by atoms with van der Waals surface area (Å²) >= 11 is 11.2. The van der Waals surface area contributed by atoms with Crippen molar-refractivity contribution in [2.24, 2.45) is 0 Å². The Balaban J connectivity index is 2.98. The molecule has 0 saturated heterocycles. The number of carbonyl (C=O) groups is 1. The number of hydrogen-bond acceptors (Lipinski definition) is 2. The van der Waals surface area contributed by atoms with E-state index in [1.54, 1.807) is 0 Å². The van der Waals surface area contributed by atoms with Crippen molar-refractivity contribution in [2.75, 3.05) is 0 Å². The van der Waals surface area contributed by atoms with Gasteiger partial charge in [-0.1, -0.05) is 36.5 Å². The van der Waals surface area contributed by atoms with Gasteiger partial charge >= 0.3 is 0 Å². The van der Waals surface area contributed by atoms with Crippen LogP contribution in [0.5, 0.6) is 0 Å². The van der Waals surface area contributed by atoms with E-state index < -0.39 is 11.4 Å². The molecule has 1 aliphatic carbocycles. The van der Waals surface area contributed by atoms with Gasteiger partial charge in [0.1, 0.15) is 5.60 Å². The zero-order valence-electron chi connectivity index (χ0n) is 7.18. The van der Waals surface area contributed by atoms with E-state index in [1.807, 2.05) is 6.92 Å². The van der Waals surface area contributed by atoms with Gasteiger partial charge < -0.3 is 5.11 Å². The smallest absolute Gasteiger partial charge is 0.215 e. The van der Waals surface area contributed by atoms with Crippen LogP contribution >= 0.6 is 23.2 Å². The van der Waals surface area contributed by atoms with Gasteiger partial charge in [0.25, 0.3) is 0 Å². The second-order valence-corrected chi connectivity index (χ2v) is 3.87. The Labute approximate surface area is 86.8 Å². The van der Waals surface area contributed by atoms with Crippen molar-refractivity contribution in [1.29, 1.82) is 0 Å². The van der Waals surface area contributed by atoms with Crippen LogP contribution in [-0.2, 0) is 4.79 Å². The second kappa shape index (κ2) is 3.82. The highest BCUT2D eigenvalue weighted by Gasteiger charge is 2.29. The standard InChI is InChI=1S/C9H10Cl2O2/c1-2-3-9(13)4-6(10)8(12)7(11)5-9/h4-5,13H,2-3H2,1H3. The van der Waals surface area contributed by atoms with E-state index in [4.69, 9.17) is 23.2 Å². The van der Waals surface area contributed by atoms with Crippen molar-refractivity contribution in [3.05, 3.63) is 22.2 Å². The molecular formula is C9H10Cl2O2. The van der Waals surface area contributed by atoms with Gasteiger partial charge in [0, 0.05) is 0 Å². The van der Waals surface area contributed by atoms with Crippen LogP contribution in [-0.4, -0.2) is 16.5 Å². The Hall–Kier alpha value is -0.310. The third-order valence-electron chi connectivity index (χ3n) is 1.84. The molecule has 0 saturated carbocycles. The van der Waals surface area contributed by atoms with E-state index >= 15 is 0 Å². The largest absolute Gasteiger partial charge is 0.382 e. The van der Waals surface area contributed by atoms with Crippen molar-refractivity contribution in [1.82, 2.24) is 0 Å². The van der Waals surface area contributed by atoms with Crippen LogP contribution in [0.2, 0.25) is 0 Å². The first kappa shape index (κ1) is 10.8. The van der Waals surface area contributed by atoms with Crippen LogP contribution in [0.15, 0.2) is 22.2 Å². The predicted molar refractivity (Wildman–Crippen MR) is 52.7 cm³/mol. The first-order valence-electron chi connectivity index (χ1n) is 4.02. The number of rotatable bonds is 2. The number of carbonyl (C=O) groups excluding carboxylic acids is 1. The summed E-state index contributed by atoms with van der Waals surface area (Å²) < 4.78 is 0. The maximum atomic E-state index is 11.1. The van der Waals surface area contributed by atoms with Crippen molar-refractivity contribution >= 4 is 29.0 Å². The van der Waals surface area contributed by atoms with E-state index in [0.29, 0.717) is 6.42 Å². The Morgan fingerprint density at radius 2 is 1.85 bits per heavy atom. The van der Waals surface area contributed by atoms with Crippen LogP contribution in [0.3, 0.4) is 0 Å². The molecule has 0 spiro atoms. The molecule has 0 aromatic rings. The van der Waals surface area contributed by atoms with E-state index in [0.717, 1.165) is 6.42 Å². The zero-order chi connectivity index (χ0) is 10.1. The molecular weight excluding hydrogens is 211 g/mol. The Morgan fingerprint density at radius 3 is 2.23 bits per heavy atom. The summed E-state index contributed by atoms with van der Waals surface area (Å²) in [5.74, 6) is -0.427. The molecule has 0 aromatic heterocycles. The second-order valence-electron chi connectivity index (χ2n) is 3.05. The fourth-order valence-corrected chi connectivity index (χ4v) is 1.90. The van der Waals surface area contributed by atoms with Gasteiger partial charge in [0.05, 0.1) is 10.1 Å². The van der Waals surface area contributed by atoms with Gasteiger partial charge in [-0.05, 0) is 18.6 Å². The lowest BCUT2D eigenvalue weighted by Gasteiger charge is -2.23. The average molecular weight is 221 g/mol. The van der Waals surface area contributed by atoms with Crippen LogP contribution < -0.4 is 0 Å². The lowest BCUT2D eigenvalue weighted by atomic mass is 9.92. The van der Waals surface area contributed by atoms with E-state index in [2.05, 4.69) is 0 Å². The maximum absolute atomic E-state index is 11.1. The van der Waals surface area contributed by atoms with Gasteiger partial charge in [-0.2, -0.15) is 0 Å². The summed E-state index contributed by atoms with van der Waals surface area (Å²) in [7, 11) is 0. The molecule has 72 valence electrons. The van der Waals surface area contributed by atoms with Crippen molar-refractivity contribution < 1.29 is 9.90 Å². The SMILES string of the molecule is CCCC1(O)C=C(Cl)C(=O)C(Cl)=C1. The predicted octanol–water partition coefficient (Wildman–Crippen LogP) is 2.35. The first-order valence-corrected chi connectivity index (χ1v) is 4.78. The van der Waals surface area contributed by atoms with Crippen LogP contribution in [0, 0.1) is 0 Å². The van der Waals surface area contributed by atoms with Crippen LogP contribution in [0.4, 0.5) is 0 Å². The minimum Gasteiger partial charge on any atom is -0.382 e. The zero-order valence-corrected chi connectivity index (χ0v) is 8.69. The molecule has 2 nitrogen and oxygen atoms in total. The number of allylic oxidation sites excluding steroid dienone is 2. The molecule has 1 aliphatic rings. The summed E-state index contributed by atoms with van der Waals surface area (Å²) in [6.45, 7) is 1.93. The number of ketones is 1. The fraction of sp³-hybridized carbons (Fsp3) is 0.444. The van der Waals surface area contributed by atoms with Crippen molar-refractivity contribution in [2.45, 2.75) is 25.4 Å². The molecule has 1 N–H and O–H groups in total. The minimum atomic E-state index is -1.16. The molecule has 0 heterocycles. The van der Waals surface area contributed by atoms with E-state index in [-0.39, 0.29) is 10.1 Å². The molecule has 0 atom stereocenters. The molecule has 0 fully saturated rings. The highest BCUT2D eigenvalue weighted by Crippen LogP contribution is 2.29. The molecule has 0 amide bonds. The highest BCUT2D eigenvalue weighted by molar-refractivity contribution is 6.55. The number of Topliss-reactive ketones (excluding diaryl/α,β-unsaturated/α-hetero) is 1. The topological polar surface area (TPSA) is 37.3 Å². The Morgan fingerprint density at radius 1 is 1.38 bits per heavy atom. The van der Waals surface area contributed by atoms with E-state index in [1.165, 1.54) is 12.2 Å². The highest BCUT2D eigenvalue weighted by atomic mass is 35.5. The van der Waals surface area contributed by atoms with Crippen LogP contribution in [0.1, 0.15) is 19.8 Å². The molecule has 0 bridgehead atoms. The summed E-state index contributed by atoms with van der Waals surface area (Å²) in [6, 6.07) is 0. The third kappa shape index (κ3) is 2.33. The summed E-state index contributed by atoms with van der Waals surface area (Å²) in [5, 5.41) is 9.83. The van der Waals surface area contributed by atoms with Gasteiger partial charge in [-0.3, -0.25) is 4.79 Å². The van der Waals surface area contributed by atoms with Crippen molar-refractivity contribution in [3.63, 3.8) is 0 Å². The summed E-state index contributed by atoms with van der Waals surface area (Å²) in [6.07, 6.45) is 3.97. The minimum absolute atomic E-state index is 0.0107. The van der Waals surface area contributed by atoms with Gasteiger partial charge in [0.2, 0.25) is 5.78 Å². The maximum Gasteiger partial charge on any atom is 0.215 e.